The molecule has 1 unspecified atom stereocenters. The Morgan fingerprint density at radius 3 is 3.04 bits per heavy atom. The molecule has 1 atom stereocenters. The number of anilines is 1. The molecule has 0 radical (unpaired) electrons. The van der Waals surface area contributed by atoms with Crippen LogP contribution in [0, 0.1) is 11.3 Å². The highest BCUT2D eigenvalue weighted by Crippen LogP contribution is 2.43. The average Bonchev–Trinajstić information content (AvgIpc) is 3.11. The maximum Gasteiger partial charge on any atom is 0.166 e. The molecule has 2 aliphatic heterocycles. The maximum absolute atomic E-state index is 9.11. The molecule has 2 aromatic rings. The van der Waals surface area contributed by atoms with Gasteiger partial charge in [0.05, 0.1) is 17.7 Å². The Bertz CT molecular complexity index is 769. The predicted molar refractivity (Wildman–Crippen MR) is 85.7 cm³/mol. The van der Waals surface area contributed by atoms with Gasteiger partial charge < -0.3 is 14.4 Å². The standard InChI is InChI=1S/C18H17N3O2/c19-12-13-6-7-20-17(11-13)21-8-2-4-15(21)14-3-1-5-16-18(14)23-10-9-22-16/h1,3,5-7,11,15H,2,4,8-10H2. The fraction of sp³-hybridized carbons (Fsp3) is 0.333. The average molecular weight is 307 g/mol. The molecule has 5 nitrogen and oxygen atoms in total. The van der Waals surface area contributed by atoms with E-state index in [-0.39, 0.29) is 6.04 Å². The van der Waals surface area contributed by atoms with Crippen molar-refractivity contribution in [3.63, 3.8) is 0 Å². The van der Waals surface area contributed by atoms with Crippen molar-refractivity contribution >= 4 is 5.82 Å². The van der Waals surface area contributed by atoms with E-state index in [1.54, 1.807) is 12.3 Å². The molecule has 3 heterocycles. The van der Waals surface area contributed by atoms with E-state index < -0.39 is 0 Å². The number of pyridine rings is 1. The van der Waals surface area contributed by atoms with Gasteiger partial charge in [-0.05, 0) is 31.0 Å². The zero-order valence-corrected chi connectivity index (χ0v) is 12.7. The molecule has 2 aliphatic rings. The van der Waals surface area contributed by atoms with E-state index in [1.165, 1.54) is 0 Å². The number of hydrogen-bond donors (Lipinski definition) is 0. The zero-order chi connectivity index (χ0) is 15.6. The Morgan fingerprint density at radius 2 is 2.13 bits per heavy atom. The van der Waals surface area contributed by atoms with Crippen molar-refractivity contribution in [3.8, 4) is 17.6 Å². The Hall–Kier alpha value is -2.74. The third-order valence-corrected chi connectivity index (χ3v) is 4.38. The molecule has 23 heavy (non-hydrogen) atoms. The second-order valence-electron chi connectivity index (χ2n) is 5.74. The minimum Gasteiger partial charge on any atom is -0.486 e. The van der Waals surface area contributed by atoms with E-state index in [0.29, 0.717) is 18.8 Å². The number of para-hydroxylation sites is 1. The fourth-order valence-corrected chi connectivity index (χ4v) is 3.37. The molecule has 0 saturated carbocycles. The van der Waals surface area contributed by atoms with Crippen LogP contribution in [0.3, 0.4) is 0 Å². The highest BCUT2D eigenvalue weighted by molar-refractivity contribution is 5.54. The quantitative estimate of drug-likeness (QED) is 0.853. The lowest BCUT2D eigenvalue weighted by molar-refractivity contribution is 0.169. The van der Waals surface area contributed by atoms with Gasteiger partial charge in [-0.25, -0.2) is 4.98 Å². The van der Waals surface area contributed by atoms with Crippen LogP contribution in [-0.2, 0) is 0 Å². The Balaban J connectivity index is 1.72. The normalized spacial score (nSPS) is 19.4. The first-order chi connectivity index (χ1) is 11.4. The second-order valence-corrected chi connectivity index (χ2v) is 5.74. The van der Waals surface area contributed by atoms with Gasteiger partial charge in [-0.15, -0.1) is 0 Å². The van der Waals surface area contributed by atoms with Crippen LogP contribution < -0.4 is 14.4 Å². The van der Waals surface area contributed by atoms with Crippen molar-refractivity contribution in [1.82, 2.24) is 4.98 Å². The largest absolute Gasteiger partial charge is 0.486 e. The minimum atomic E-state index is 0.202. The zero-order valence-electron chi connectivity index (χ0n) is 12.7. The van der Waals surface area contributed by atoms with Gasteiger partial charge in [0.15, 0.2) is 11.5 Å². The van der Waals surface area contributed by atoms with Gasteiger partial charge in [-0.3, -0.25) is 0 Å². The molecule has 1 aromatic heterocycles. The van der Waals surface area contributed by atoms with Crippen LogP contribution in [-0.4, -0.2) is 24.7 Å². The minimum absolute atomic E-state index is 0.202. The van der Waals surface area contributed by atoms with Gasteiger partial charge in [0, 0.05) is 18.3 Å². The molecular formula is C18H17N3O2. The molecular weight excluding hydrogens is 290 g/mol. The van der Waals surface area contributed by atoms with Crippen LogP contribution in [0.5, 0.6) is 11.5 Å². The van der Waals surface area contributed by atoms with Gasteiger partial charge in [-0.1, -0.05) is 12.1 Å². The van der Waals surface area contributed by atoms with Crippen molar-refractivity contribution in [2.75, 3.05) is 24.7 Å². The van der Waals surface area contributed by atoms with E-state index in [1.807, 2.05) is 18.2 Å². The first kappa shape index (κ1) is 13.9. The summed E-state index contributed by atoms with van der Waals surface area (Å²) in [6.07, 6.45) is 3.83. The third-order valence-electron chi connectivity index (χ3n) is 4.38. The first-order valence-corrected chi connectivity index (χ1v) is 7.88. The van der Waals surface area contributed by atoms with Crippen LogP contribution >= 0.6 is 0 Å². The lowest BCUT2D eigenvalue weighted by Gasteiger charge is -2.29. The summed E-state index contributed by atoms with van der Waals surface area (Å²) in [5, 5.41) is 9.11. The van der Waals surface area contributed by atoms with E-state index in [0.717, 1.165) is 42.3 Å². The summed E-state index contributed by atoms with van der Waals surface area (Å²) in [7, 11) is 0. The van der Waals surface area contributed by atoms with Gasteiger partial charge >= 0.3 is 0 Å². The lowest BCUT2D eigenvalue weighted by Crippen LogP contribution is -2.25. The van der Waals surface area contributed by atoms with Crippen LogP contribution in [0.1, 0.15) is 30.0 Å². The number of aromatic nitrogens is 1. The SMILES string of the molecule is N#Cc1ccnc(N2CCCC2c2cccc3c2OCCO3)c1. The topological polar surface area (TPSA) is 58.4 Å². The molecule has 0 amide bonds. The van der Waals surface area contributed by atoms with E-state index in [4.69, 9.17) is 14.7 Å². The van der Waals surface area contributed by atoms with Gasteiger partial charge in [0.25, 0.3) is 0 Å². The number of nitriles is 1. The van der Waals surface area contributed by atoms with Crippen LogP contribution in [0.4, 0.5) is 5.82 Å². The summed E-state index contributed by atoms with van der Waals surface area (Å²) in [5.74, 6) is 2.52. The summed E-state index contributed by atoms with van der Waals surface area (Å²) in [6.45, 7) is 2.10. The number of rotatable bonds is 2. The molecule has 5 heteroatoms. The maximum atomic E-state index is 9.11. The van der Waals surface area contributed by atoms with Crippen LogP contribution in [0.15, 0.2) is 36.5 Å². The molecule has 0 spiro atoms. The van der Waals surface area contributed by atoms with Crippen LogP contribution in [0.2, 0.25) is 0 Å². The summed E-state index contributed by atoms with van der Waals surface area (Å²) in [4.78, 5) is 6.72. The molecule has 1 fully saturated rings. The molecule has 0 bridgehead atoms. The molecule has 1 aromatic carbocycles. The number of fused-ring (bicyclic) bond motifs is 1. The smallest absolute Gasteiger partial charge is 0.166 e. The third kappa shape index (κ3) is 2.46. The summed E-state index contributed by atoms with van der Waals surface area (Å²) in [5.41, 5.74) is 1.78. The molecule has 0 aliphatic carbocycles. The highest BCUT2D eigenvalue weighted by atomic mass is 16.6. The Kier molecular flexibility index (Phi) is 3.51. The van der Waals surface area contributed by atoms with Crippen molar-refractivity contribution in [2.24, 2.45) is 0 Å². The van der Waals surface area contributed by atoms with Gasteiger partial charge in [0.1, 0.15) is 19.0 Å². The molecule has 4 rings (SSSR count). The summed E-state index contributed by atoms with van der Waals surface area (Å²) >= 11 is 0. The summed E-state index contributed by atoms with van der Waals surface area (Å²) < 4.78 is 11.6. The molecule has 0 N–H and O–H groups in total. The van der Waals surface area contributed by atoms with Gasteiger partial charge in [0.2, 0.25) is 0 Å². The van der Waals surface area contributed by atoms with Crippen molar-refractivity contribution in [3.05, 3.63) is 47.7 Å². The predicted octanol–water partition coefficient (Wildman–Crippen LogP) is 3.07. The van der Waals surface area contributed by atoms with Gasteiger partial charge in [-0.2, -0.15) is 5.26 Å². The molecule has 1 saturated heterocycles. The first-order valence-electron chi connectivity index (χ1n) is 7.88. The number of ether oxygens (including phenoxy) is 2. The van der Waals surface area contributed by atoms with E-state index >= 15 is 0 Å². The Morgan fingerprint density at radius 1 is 1.22 bits per heavy atom. The Labute approximate surface area is 135 Å². The lowest BCUT2D eigenvalue weighted by atomic mass is 10.0. The second kappa shape index (κ2) is 5.81. The number of benzene rings is 1. The fourth-order valence-electron chi connectivity index (χ4n) is 3.37. The van der Waals surface area contributed by atoms with Crippen molar-refractivity contribution in [2.45, 2.75) is 18.9 Å². The molecule has 116 valence electrons. The van der Waals surface area contributed by atoms with Crippen LogP contribution in [0.25, 0.3) is 0 Å². The monoisotopic (exact) mass is 307 g/mol. The van der Waals surface area contributed by atoms with Crippen molar-refractivity contribution in [1.29, 1.82) is 5.26 Å². The van der Waals surface area contributed by atoms with Crippen molar-refractivity contribution < 1.29 is 9.47 Å². The number of hydrogen-bond acceptors (Lipinski definition) is 5. The number of nitrogens with zero attached hydrogens (tertiary/aromatic N) is 3. The van der Waals surface area contributed by atoms with E-state index in [2.05, 4.69) is 22.0 Å². The summed E-state index contributed by atoms with van der Waals surface area (Å²) in [6, 6.07) is 12.0. The highest BCUT2D eigenvalue weighted by Gasteiger charge is 2.31. The van der Waals surface area contributed by atoms with E-state index in [9.17, 15) is 0 Å².